The predicted octanol–water partition coefficient (Wildman–Crippen LogP) is 14.3. The lowest BCUT2D eigenvalue weighted by Crippen LogP contribution is -2.46. The van der Waals surface area contributed by atoms with Crippen molar-refractivity contribution in [2.75, 3.05) is 6.61 Å². The van der Waals surface area contributed by atoms with Crippen LogP contribution in [0.2, 0.25) is 0 Å². The Balaban J connectivity index is 4.84. The van der Waals surface area contributed by atoms with E-state index in [1.54, 1.807) is 0 Å². The highest BCUT2D eigenvalue weighted by Gasteiger charge is 2.24. The van der Waals surface area contributed by atoms with E-state index in [4.69, 9.17) is 4.74 Å². The van der Waals surface area contributed by atoms with Crippen molar-refractivity contribution >= 4 is 11.9 Å². The molecule has 0 aromatic rings. The molecule has 0 fully saturated rings. The molecule has 1 amide bonds. The van der Waals surface area contributed by atoms with E-state index >= 15 is 0 Å². The summed E-state index contributed by atoms with van der Waals surface area (Å²) in [6.45, 7) is 6.18. The third-order valence-electron chi connectivity index (χ3n) is 9.98. The van der Waals surface area contributed by atoms with E-state index in [2.05, 4.69) is 62.5 Å². The van der Waals surface area contributed by atoms with E-state index in [1.165, 1.54) is 38.5 Å². The Bertz CT molecular complexity index is 1360. The summed E-state index contributed by atoms with van der Waals surface area (Å²) in [5, 5.41) is 23.6. The maximum atomic E-state index is 13.2. The van der Waals surface area contributed by atoms with Crippen molar-refractivity contribution in [2.45, 2.75) is 193 Å². The van der Waals surface area contributed by atoms with Gasteiger partial charge in [0.2, 0.25) is 5.91 Å². The molecule has 3 N–H and O–H groups in total. The molecule has 0 spiro atoms. The predicted molar refractivity (Wildman–Crippen MR) is 263 cm³/mol. The highest BCUT2D eigenvalue weighted by Crippen LogP contribution is 2.16. The van der Waals surface area contributed by atoms with E-state index in [9.17, 15) is 19.8 Å². The zero-order valence-corrected chi connectivity index (χ0v) is 38.7. The first kappa shape index (κ1) is 57.0. The molecular weight excluding hydrogens is 755 g/mol. The second kappa shape index (κ2) is 47.1. The van der Waals surface area contributed by atoms with Gasteiger partial charge in [0.05, 0.1) is 25.2 Å². The van der Waals surface area contributed by atoms with E-state index in [0.29, 0.717) is 19.3 Å². The number of unbranched alkanes of at least 4 members (excludes halogenated alkanes) is 15. The Morgan fingerprint density at radius 1 is 0.492 bits per heavy atom. The molecule has 0 rings (SSSR count). The third-order valence-corrected chi connectivity index (χ3v) is 9.98. The average Bonchev–Trinajstić information content (AvgIpc) is 3.25. The van der Waals surface area contributed by atoms with Gasteiger partial charge in [0.25, 0.3) is 0 Å². The quantitative estimate of drug-likeness (QED) is 0.0324. The second-order valence-corrected chi connectivity index (χ2v) is 15.7. The fourth-order valence-corrected chi connectivity index (χ4v) is 6.37. The zero-order valence-electron chi connectivity index (χ0n) is 38.7. The summed E-state index contributed by atoms with van der Waals surface area (Å²) in [6, 6.07) is -0.734. The van der Waals surface area contributed by atoms with Gasteiger partial charge in [-0.2, -0.15) is 0 Å². The Labute approximate surface area is 373 Å². The molecule has 6 heteroatoms. The number of carbonyl (C=O) groups excluding carboxylic acids is 2. The summed E-state index contributed by atoms with van der Waals surface area (Å²) in [6.07, 6.45) is 66.4. The van der Waals surface area contributed by atoms with Crippen molar-refractivity contribution in [3.05, 3.63) is 134 Å². The highest BCUT2D eigenvalue weighted by atomic mass is 16.5. The van der Waals surface area contributed by atoms with Gasteiger partial charge in [-0.05, 0) is 64.2 Å². The Hall–Kier alpha value is -4.00. The minimum Gasteiger partial charge on any atom is -0.462 e. The minimum atomic E-state index is -0.816. The summed E-state index contributed by atoms with van der Waals surface area (Å²) >= 11 is 0. The van der Waals surface area contributed by atoms with E-state index in [-0.39, 0.29) is 24.9 Å². The first-order valence-electron chi connectivity index (χ1n) is 24.1. The topological polar surface area (TPSA) is 95.9 Å². The van der Waals surface area contributed by atoms with Crippen molar-refractivity contribution < 1.29 is 24.5 Å². The summed E-state index contributed by atoms with van der Waals surface area (Å²) in [5.74, 6) is -0.586. The van der Waals surface area contributed by atoms with E-state index in [0.717, 1.165) is 89.9 Å². The third kappa shape index (κ3) is 42.5. The zero-order chi connectivity index (χ0) is 44.5. The molecule has 3 unspecified atom stereocenters. The molecule has 0 aromatic carbocycles. The van der Waals surface area contributed by atoms with Gasteiger partial charge in [-0.3, -0.25) is 9.59 Å². The van der Waals surface area contributed by atoms with Crippen LogP contribution in [0.4, 0.5) is 0 Å². The maximum Gasteiger partial charge on any atom is 0.306 e. The molecule has 0 saturated carbocycles. The van der Waals surface area contributed by atoms with Crippen LogP contribution in [-0.2, 0) is 14.3 Å². The van der Waals surface area contributed by atoms with Crippen molar-refractivity contribution in [2.24, 2.45) is 0 Å². The second-order valence-electron chi connectivity index (χ2n) is 15.7. The van der Waals surface area contributed by atoms with Crippen LogP contribution >= 0.6 is 0 Å². The van der Waals surface area contributed by atoms with Gasteiger partial charge >= 0.3 is 5.97 Å². The fraction of sp³-hybridized carbons (Fsp3) is 0.564. The molecule has 0 saturated heterocycles. The van der Waals surface area contributed by atoms with Crippen LogP contribution < -0.4 is 5.32 Å². The lowest BCUT2D eigenvalue weighted by atomic mass is 10.0. The molecule has 0 heterocycles. The number of aliphatic hydroxyl groups is 2. The number of carbonyl (C=O) groups is 2. The molecule has 0 aromatic heterocycles. The standard InChI is InChI=1S/C55H87NO5/c1-4-7-10-13-16-19-21-23-25-27-29-31-33-36-39-42-45-48-55(60)61-51(46-43-40-37-35-32-30-28-26-24-22-20-17-14-11-8-5-2)49-54(59)56-52(50-57)53(58)47-44-41-38-34-18-15-12-9-6-3/h7,10-11,13-14,16-17,19-33,51-53,57-58H,4-6,8-9,12,15,18,34-50H2,1-3H3,(H,56,59)/b10-7-,14-11+,16-13+,20-17+,21-19+,24-22+,25-23-,28-26+,29-27+,32-30+,33-31+. The monoisotopic (exact) mass is 842 g/mol. The number of esters is 1. The summed E-state index contributed by atoms with van der Waals surface area (Å²) < 4.78 is 5.88. The summed E-state index contributed by atoms with van der Waals surface area (Å²) in [7, 11) is 0. The molecule has 342 valence electrons. The van der Waals surface area contributed by atoms with Crippen molar-refractivity contribution in [1.29, 1.82) is 0 Å². The lowest BCUT2D eigenvalue weighted by molar-refractivity contribution is -0.151. The molecule has 0 aliphatic rings. The van der Waals surface area contributed by atoms with Crippen molar-refractivity contribution in [3.8, 4) is 0 Å². The average molecular weight is 842 g/mol. The Kier molecular flexibility index (Phi) is 44.0. The maximum absolute atomic E-state index is 13.2. The van der Waals surface area contributed by atoms with Crippen LogP contribution in [0.25, 0.3) is 0 Å². The molecule has 0 aliphatic carbocycles. The summed E-state index contributed by atoms with van der Waals surface area (Å²) in [5.41, 5.74) is 0. The SMILES string of the molecule is CC\C=C/C=C/C=C/C=C\C=C\C=C\CCCCCC(=O)OC(CCCCC/C=C/C=C/C=C/C=C/C=C/CCC)CC(=O)NC(CO)C(O)CCCCCCCCCCC. The Morgan fingerprint density at radius 2 is 0.918 bits per heavy atom. The van der Waals surface area contributed by atoms with Gasteiger partial charge in [-0.15, -0.1) is 0 Å². The van der Waals surface area contributed by atoms with Gasteiger partial charge < -0.3 is 20.3 Å². The molecule has 6 nitrogen and oxygen atoms in total. The van der Waals surface area contributed by atoms with E-state index < -0.39 is 18.2 Å². The number of allylic oxidation sites excluding steroid dienone is 22. The van der Waals surface area contributed by atoms with Gasteiger partial charge in [-0.1, -0.05) is 231 Å². The number of rotatable bonds is 40. The first-order valence-corrected chi connectivity index (χ1v) is 24.1. The minimum absolute atomic E-state index is 0.0207. The summed E-state index contributed by atoms with van der Waals surface area (Å²) in [4.78, 5) is 26.1. The smallest absolute Gasteiger partial charge is 0.306 e. The van der Waals surface area contributed by atoms with Gasteiger partial charge in [0.1, 0.15) is 6.10 Å². The lowest BCUT2D eigenvalue weighted by Gasteiger charge is -2.24. The number of ether oxygens (including phenoxy) is 1. The van der Waals surface area contributed by atoms with Crippen molar-refractivity contribution in [1.82, 2.24) is 5.32 Å². The number of aliphatic hydroxyl groups excluding tert-OH is 2. The highest BCUT2D eigenvalue weighted by molar-refractivity contribution is 5.77. The van der Waals surface area contributed by atoms with Crippen LogP contribution in [-0.4, -0.2) is 46.9 Å². The Morgan fingerprint density at radius 3 is 1.41 bits per heavy atom. The fourth-order valence-electron chi connectivity index (χ4n) is 6.37. The molecule has 3 atom stereocenters. The first-order chi connectivity index (χ1) is 30.0. The van der Waals surface area contributed by atoms with Gasteiger partial charge in [0.15, 0.2) is 0 Å². The van der Waals surface area contributed by atoms with Crippen LogP contribution in [0.3, 0.4) is 0 Å². The van der Waals surface area contributed by atoms with Gasteiger partial charge in [-0.25, -0.2) is 0 Å². The van der Waals surface area contributed by atoms with Crippen LogP contribution in [0.15, 0.2) is 134 Å². The number of hydrogen-bond donors (Lipinski definition) is 3. The normalized spacial score (nSPS) is 14.5. The van der Waals surface area contributed by atoms with Crippen molar-refractivity contribution in [3.63, 3.8) is 0 Å². The molecule has 0 bridgehead atoms. The van der Waals surface area contributed by atoms with E-state index in [1.807, 2.05) is 97.2 Å². The van der Waals surface area contributed by atoms with Crippen LogP contribution in [0.1, 0.15) is 175 Å². The van der Waals surface area contributed by atoms with Crippen LogP contribution in [0.5, 0.6) is 0 Å². The molecule has 0 aliphatic heterocycles. The molecule has 61 heavy (non-hydrogen) atoms. The van der Waals surface area contributed by atoms with Crippen LogP contribution in [0, 0.1) is 0 Å². The number of nitrogens with one attached hydrogen (secondary N) is 1. The number of hydrogen-bond acceptors (Lipinski definition) is 5. The van der Waals surface area contributed by atoms with Gasteiger partial charge in [0, 0.05) is 6.42 Å². The largest absolute Gasteiger partial charge is 0.462 e. The molecule has 0 radical (unpaired) electrons. The molecular formula is C55H87NO5. The number of amides is 1.